The van der Waals surface area contributed by atoms with Crippen molar-refractivity contribution in [2.75, 3.05) is 19.5 Å². The van der Waals surface area contributed by atoms with E-state index >= 15 is 0 Å². The van der Waals surface area contributed by atoms with Crippen molar-refractivity contribution in [2.24, 2.45) is 11.8 Å². The van der Waals surface area contributed by atoms with Crippen molar-refractivity contribution in [3.05, 3.63) is 18.2 Å². The van der Waals surface area contributed by atoms with Crippen LogP contribution in [0.25, 0.3) is 0 Å². The smallest absolute Gasteiger partial charge is 0.142 e. The largest absolute Gasteiger partial charge is 0.497 e. The predicted molar refractivity (Wildman–Crippen MR) is 79.1 cm³/mol. The van der Waals surface area contributed by atoms with Crippen LogP contribution in [-0.2, 0) is 0 Å². The molecule has 1 aliphatic rings. The number of ether oxygens (including phenoxy) is 2. The highest BCUT2D eigenvalue weighted by molar-refractivity contribution is 5.60. The van der Waals surface area contributed by atoms with Crippen LogP contribution in [0.4, 0.5) is 5.69 Å². The molecule has 1 aliphatic carbocycles. The fraction of sp³-hybridized carbons (Fsp3) is 0.625. The lowest BCUT2D eigenvalue weighted by Crippen LogP contribution is -2.30. The summed E-state index contributed by atoms with van der Waals surface area (Å²) in [4.78, 5) is 0. The summed E-state index contributed by atoms with van der Waals surface area (Å²) >= 11 is 0. The zero-order chi connectivity index (χ0) is 13.8. The SMILES string of the molecule is COc1ccc(OC)c(NC2CC(C)CC(C)C2)c1. The molecule has 106 valence electrons. The molecular formula is C16H25NO2. The summed E-state index contributed by atoms with van der Waals surface area (Å²) in [6, 6.07) is 6.43. The molecule has 1 aromatic carbocycles. The first kappa shape index (κ1) is 14.0. The molecule has 2 atom stereocenters. The summed E-state index contributed by atoms with van der Waals surface area (Å²) in [7, 11) is 3.40. The second-order valence-electron chi connectivity index (χ2n) is 5.82. The van der Waals surface area contributed by atoms with E-state index in [1.54, 1.807) is 14.2 Å². The van der Waals surface area contributed by atoms with E-state index in [2.05, 4.69) is 19.2 Å². The van der Waals surface area contributed by atoms with Gasteiger partial charge in [0.25, 0.3) is 0 Å². The van der Waals surface area contributed by atoms with Gasteiger partial charge in [-0.25, -0.2) is 0 Å². The van der Waals surface area contributed by atoms with E-state index in [0.717, 1.165) is 29.0 Å². The highest BCUT2D eigenvalue weighted by Crippen LogP contribution is 2.34. The minimum Gasteiger partial charge on any atom is -0.497 e. The van der Waals surface area contributed by atoms with Crippen molar-refractivity contribution in [3.63, 3.8) is 0 Å². The van der Waals surface area contributed by atoms with E-state index in [4.69, 9.17) is 9.47 Å². The summed E-state index contributed by atoms with van der Waals surface area (Å²) in [5.74, 6) is 3.32. The molecule has 1 saturated carbocycles. The van der Waals surface area contributed by atoms with E-state index in [9.17, 15) is 0 Å². The zero-order valence-corrected chi connectivity index (χ0v) is 12.4. The Balaban J connectivity index is 2.12. The van der Waals surface area contributed by atoms with Crippen molar-refractivity contribution in [1.29, 1.82) is 0 Å². The molecule has 2 rings (SSSR count). The first-order valence-corrected chi connectivity index (χ1v) is 7.11. The lowest BCUT2D eigenvalue weighted by Gasteiger charge is -2.33. The molecule has 0 saturated heterocycles. The van der Waals surface area contributed by atoms with E-state index in [1.807, 2.05) is 18.2 Å². The van der Waals surface area contributed by atoms with E-state index in [-0.39, 0.29) is 0 Å². The van der Waals surface area contributed by atoms with Crippen LogP contribution in [0.5, 0.6) is 11.5 Å². The molecular weight excluding hydrogens is 238 g/mol. The van der Waals surface area contributed by atoms with Gasteiger partial charge in [0.05, 0.1) is 19.9 Å². The number of anilines is 1. The van der Waals surface area contributed by atoms with Crippen molar-refractivity contribution in [1.82, 2.24) is 0 Å². The summed E-state index contributed by atoms with van der Waals surface area (Å²) in [6.07, 6.45) is 3.79. The molecule has 1 fully saturated rings. The average Bonchev–Trinajstić information content (AvgIpc) is 2.37. The molecule has 1 aromatic rings. The Morgan fingerprint density at radius 2 is 1.68 bits per heavy atom. The number of hydrogen-bond donors (Lipinski definition) is 1. The predicted octanol–water partition coefficient (Wildman–Crippen LogP) is 3.94. The summed E-state index contributed by atoms with van der Waals surface area (Å²) < 4.78 is 10.7. The Kier molecular flexibility index (Phi) is 4.56. The van der Waals surface area contributed by atoms with Gasteiger partial charge in [-0.1, -0.05) is 13.8 Å². The third-order valence-corrected chi connectivity index (χ3v) is 3.94. The molecule has 0 amide bonds. The maximum Gasteiger partial charge on any atom is 0.142 e. The van der Waals surface area contributed by atoms with Gasteiger partial charge in [0.2, 0.25) is 0 Å². The van der Waals surface area contributed by atoms with Crippen LogP contribution in [0.15, 0.2) is 18.2 Å². The minimum atomic E-state index is 0.528. The van der Waals surface area contributed by atoms with Crippen LogP contribution < -0.4 is 14.8 Å². The van der Waals surface area contributed by atoms with Gasteiger partial charge in [0, 0.05) is 12.1 Å². The second-order valence-corrected chi connectivity index (χ2v) is 5.82. The Bertz CT molecular complexity index is 409. The maximum absolute atomic E-state index is 5.42. The Labute approximate surface area is 116 Å². The van der Waals surface area contributed by atoms with Crippen molar-refractivity contribution < 1.29 is 9.47 Å². The van der Waals surface area contributed by atoms with Gasteiger partial charge in [-0.2, -0.15) is 0 Å². The number of rotatable bonds is 4. The molecule has 19 heavy (non-hydrogen) atoms. The van der Waals surface area contributed by atoms with Crippen LogP contribution in [0.3, 0.4) is 0 Å². The molecule has 0 radical (unpaired) electrons. The van der Waals surface area contributed by atoms with Crippen molar-refractivity contribution in [2.45, 2.75) is 39.2 Å². The van der Waals surface area contributed by atoms with Crippen LogP contribution in [0.1, 0.15) is 33.1 Å². The third-order valence-electron chi connectivity index (χ3n) is 3.94. The zero-order valence-electron chi connectivity index (χ0n) is 12.4. The van der Waals surface area contributed by atoms with Gasteiger partial charge in [0.1, 0.15) is 11.5 Å². The molecule has 3 nitrogen and oxygen atoms in total. The maximum atomic E-state index is 5.42. The molecule has 0 aliphatic heterocycles. The number of hydrogen-bond acceptors (Lipinski definition) is 3. The monoisotopic (exact) mass is 263 g/mol. The van der Waals surface area contributed by atoms with Crippen LogP contribution in [0.2, 0.25) is 0 Å². The average molecular weight is 263 g/mol. The van der Waals surface area contributed by atoms with E-state index < -0.39 is 0 Å². The van der Waals surface area contributed by atoms with Gasteiger partial charge in [-0.3, -0.25) is 0 Å². The third kappa shape index (κ3) is 3.55. The number of methoxy groups -OCH3 is 2. The second kappa shape index (κ2) is 6.18. The van der Waals surface area contributed by atoms with Crippen LogP contribution in [0, 0.1) is 11.8 Å². The Morgan fingerprint density at radius 3 is 2.26 bits per heavy atom. The Hall–Kier alpha value is -1.38. The Morgan fingerprint density at radius 1 is 1.00 bits per heavy atom. The normalized spacial score (nSPS) is 26.8. The van der Waals surface area contributed by atoms with Gasteiger partial charge in [-0.15, -0.1) is 0 Å². The first-order valence-electron chi connectivity index (χ1n) is 7.11. The van der Waals surface area contributed by atoms with E-state index in [1.165, 1.54) is 19.3 Å². The van der Waals surface area contributed by atoms with E-state index in [0.29, 0.717) is 6.04 Å². The fourth-order valence-corrected chi connectivity index (χ4v) is 3.21. The van der Waals surface area contributed by atoms with Crippen molar-refractivity contribution in [3.8, 4) is 11.5 Å². The molecule has 0 heterocycles. The molecule has 0 spiro atoms. The van der Waals surface area contributed by atoms with Crippen LogP contribution in [-0.4, -0.2) is 20.3 Å². The highest BCUT2D eigenvalue weighted by atomic mass is 16.5. The molecule has 0 bridgehead atoms. The van der Waals surface area contributed by atoms with Gasteiger partial charge in [0.15, 0.2) is 0 Å². The minimum absolute atomic E-state index is 0.528. The lowest BCUT2D eigenvalue weighted by atomic mass is 9.80. The molecule has 1 N–H and O–H groups in total. The van der Waals surface area contributed by atoms with Gasteiger partial charge in [-0.05, 0) is 43.2 Å². The van der Waals surface area contributed by atoms with Crippen molar-refractivity contribution >= 4 is 5.69 Å². The topological polar surface area (TPSA) is 30.5 Å². The first-order chi connectivity index (χ1) is 9.12. The summed E-state index contributed by atoms with van der Waals surface area (Å²) in [6.45, 7) is 4.68. The van der Waals surface area contributed by atoms with Crippen LogP contribution >= 0.6 is 0 Å². The lowest BCUT2D eigenvalue weighted by molar-refractivity contribution is 0.280. The number of nitrogens with one attached hydrogen (secondary N) is 1. The molecule has 0 aromatic heterocycles. The summed E-state index contributed by atoms with van der Waals surface area (Å²) in [5, 5.41) is 3.63. The van der Waals surface area contributed by atoms with Gasteiger partial charge >= 0.3 is 0 Å². The van der Waals surface area contributed by atoms with Gasteiger partial charge < -0.3 is 14.8 Å². The number of benzene rings is 1. The fourth-order valence-electron chi connectivity index (χ4n) is 3.21. The standard InChI is InChI=1S/C16H25NO2/c1-11-7-12(2)9-13(8-11)17-15-10-14(18-3)5-6-16(15)19-4/h5-6,10-13,17H,7-9H2,1-4H3. The molecule has 3 heteroatoms. The highest BCUT2D eigenvalue weighted by Gasteiger charge is 2.24. The molecule has 2 unspecified atom stereocenters. The summed E-state index contributed by atoms with van der Waals surface area (Å²) in [5.41, 5.74) is 1.04. The quantitative estimate of drug-likeness (QED) is 0.892.